The van der Waals surface area contributed by atoms with E-state index in [0.29, 0.717) is 19.8 Å². The average molecular weight is 335 g/mol. The number of unbranched alkanes of at least 4 members (excludes halogenated alkanes) is 7. The molecule has 0 amide bonds. The van der Waals surface area contributed by atoms with Gasteiger partial charge in [0.15, 0.2) is 0 Å². The molecule has 0 atom stereocenters. The molecule has 0 aromatic heterocycles. The molecule has 0 saturated carbocycles. The lowest BCUT2D eigenvalue weighted by Gasteiger charge is -2.28. The molecule has 0 aliphatic heterocycles. The molecule has 0 radical (unpaired) electrons. The van der Waals surface area contributed by atoms with Crippen molar-refractivity contribution in [3.8, 4) is 0 Å². The topological polar surface area (TPSA) is 36.9 Å². The molecule has 0 aliphatic carbocycles. The van der Waals surface area contributed by atoms with Crippen LogP contribution in [-0.4, -0.2) is 42.3 Å². The Morgan fingerprint density at radius 3 is 1.41 bits per heavy atom. The van der Waals surface area contributed by atoms with Crippen molar-refractivity contribution in [2.75, 3.05) is 33.5 Å². The van der Waals surface area contributed by atoms with Crippen molar-refractivity contribution in [2.45, 2.75) is 78.2 Å². The minimum absolute atomic E-state index is 0.674. The zero-order valence-corrected chi connectivity index (χ0v) is 16.3. The van der Waals surface area contributed by atoms with E-state index in [2.05, 4.69) is 0 Å². The first-order chi connectivity index (χ1) is 10.7. The van der Waals surface area contributed by atoms with Gasteiger partial charge in [-0.25, -0.2) is 0 Å². The summed E-state index contributed by atoms with van der Waals surface area (Å²) >= 11 is 0. The minimum atomic E-state index is -2.40. The highest BCUT2D eigenvalue weighted by Gasteiger charge is 2.39. The van der Waals surface area contributed by atoms with Crippen molar-refractivity contribution in [3.05, 3.63) is 0 Å². The van der Waals surface area contributed by atoms with Crippen LogP contribution in [0.4, 0.5) is 0 Å². The van der Waals surface area contributed by atoms with Crippen LogP contribution in [0.5, 0.6) is 0 Å². The molecule has 0 unspecified atom stereocenters. The standard InChI is InChI=1S/C17H38O4Si/c1-5-19-22(20-6-2,21-7-3)17-15-13-11-9-8-10-12-14-16-18-4/h5-17H2,1-4H3. The fourth-order valence-electron chi connectivity index (χ4n) is 2.65. The van der Waals surface area contributed by atoms with E-state index < -0.39 is 8.80 Å². The van der Waals surface area contributed by atoms with Gasteiger partial charge in [-0.15, -0.1) is 0 Å². The summed E-state index contributed by atoms with van der Waals surface area (Å²) in [5, 5.41) is 0. The van der Waals surface area contributed by atoms with E-state index in [0.717, 1.165) is 19.1 Å². The Kier molecular flexibility index (Phi) is 16.0. The summed E-state index contributed by atoms with van der Waals surface area (Å²) in [5.74, 6) is 0. The Balaban J connectivity index is 3.70. The van der Waals surface area contributed by atoms with Crippen molar-refractivity contribution in [1.29, 1.82) is 0 Å². The van der Waals surface area contributed by atoms with E-state index in [9.17, 15) is 0 Å². The first kappa shape index (κ1) is 22.1. The molecular weight excluding hydrogens is 296 g/mol. The molecule has 0 aromatic carbocycles. The quantitative estimate of drug-likeness (QED) is 0.283. The van der Waals surface area contributed by atoms with E-state index in [1.165, 1.54) is 44.9 Å². The second kappa shape index (κ2) is 15.9. The lowest BCUT2D eigenvalue weighted by atomic mass is 10.1. The Hall–Kier alpha value is 0.0569. The SMILES string of the molecule is CCO[Si](CCCCCCCCCCOC)(OCC)OCC. The molecule has 22 heavy (non-hydrogen) atoms. The molecule has 5 heteroatoms. The molecule has 4 nitrogen and oxygen atoms in total. The largest absolute Gasteiger partial charge is 0.500 e. The van der Waals surface area contributed by atoms with Crippen LogP contribution in [0.1, 0.15) is 72.1 Å². The third-order valence-corrected chi connectivity index (χ3v) is 6.83. The molecule has 0 aromatic rings. The zero-order chi connectivity index (χ0) is 16.5. The Labute approximate surface area is 139 Å². The van der Waals surface area contributed by atoms with Gasteiger partial charge in [0.25, 0.3) is 0 Å². The fraction of sp³-hybridized carbons (Fsp3) is 1.00. The first-order valence-electron chi connectivity index (χ1n) is 9.15. The predicted octanol–water partition coefficient (Wildman–Crippen LogP) is 4.80. The van der Waals surface area contributed by atoms with E-state index >= 15 is 0 Å². The second-order valence-corrected chi connectivity index (χ2v) is 8.29. The Morgan fingerprint density at radius 2 is 1.00 bits per heavy atom. The summed E-state index contributed by atoms with van der Waals surface area (Å²) in [6, 6.07) is 0.955. The maximum absolute atomic E-state index is 5.88. The number of hydrogen-bond donors (Lipinski definition) is 0. The molecule has 0 rings (SSSR count). The molecule has 0 spiro atoms. The van der Waals surface area contributed by atoms with Crippen LogP contribution in [-0.2, 0) is 18.0 Å². The van der Waals surface area contributed by atoms with E-state index in [4.69, 9.17) is 18.0 Å². The van der Waals surface area contributed by atoms with Gasteiger partial charge in [0.1, 0.15) is 0 Å². The van der Waals surface area contributed by atoms with Crippen molar-refractivity contribution in [1.82, 2.24) is 0 Å². The summed E-state index contributed by atoms with van der Waals surface area (Å²) < 4.78 is 22.7. The minimum Gasteiger partial charge on any atom is -0.385 e. The van der Waals surface area contributed by atoms with Crippen LogP contribution >= 0.6 is 0 Å². The Bertz CT molecular complexity index is 210. The second-order valence-electron chi connectivity index (χ2n) is 5.55. The van der Waals surface area contributed by atoms with Crippen LogP contribution in [0.25, 0.3) is 0 Å². The van der Waals surface area contributed by atoms with Crippen molar-refractivity contribution >= 4 is 8.80 Å². The molecule has 134 valence electrons. The van der Waals surface area contributed by atoms with Crippen LogP contribution in [0.2, 0.25) is 6.04 Å². The highest BCUT2D eigenvalue weighted by Crippen LogP contribution is 2.20. The Morgan fingerprint density at radius 1 is 0.591 bits per heavy atom. The summed E-state index contributed by atoms with van der Waals surface area (Å²) in [5.41, 5.74) is 0. The molecule has 0 saturated heterocycles. The molecule has 0 heterocycles. The van der Waals surface area contributed by atoms with Gasteiger partial charge in [-0.1, -0.05) is 38.5 Å². The molecule has 0 fully saturated rings. The summed E-state index contributed by atoms with van der Waals surface area (Å²) in [6.07, 6.45) is 10.2. The number of rotatable bonds is 17. The maximum atomic E-state index is 5.88. The van der Waals surface area contributed by atoms with E-state index in [1.807, 2.05) is 20.8 Å². The summed E-state index contributed by atoms with van der Waals surface area (Å²) in [4.78, 5) is 0. The predicted molar refractivity (Wildman–Crippen MR) is 94.3 cm³/mol. The zero-order valence-electron chi connectivity index (χ0n) is 15.3. The normalized spacial score (nSPS) is 12.0. The molecule has 0 bridgehead atoms. The van der Waals surface area contributed by atoms with Gasteiger partial charge in [0.2, 0.25) is 0 Å². The molecular formula is C17H38O4Si. The highest BCUT2D eigenvalue weighted by molar-refractivity contribution is 6.60. The van der Waals surface area contributed by atoms with Crippen LogP contribution in [0, 0.1) is 0 Å². The van der Waals surface area contributed by atoms with E-state index in [-0.39, 0.29) is 0 Å². The molecule has 0 aliphatic rings. The summed E-state index contributed by atoms with van der Waals surface area (Å²) in [6.45, 7) is 8.98. The lowest BCUT2D eigenvalue weighted by molar-refractivity contribution is 0.0706. The number of methoxy groups -OCH3 is 1. The van der Waals surface area contributed by atoms with Gasteiger partial charge in [-0.2, -0.15) is 0 Å². The van der Waals surface area contributed by atoms with Crippen LogP contribution in [0.3, 0.4) is 0 Å². The van der Waals surface area contributed by atoms with Gasteiger partial charge >= 0.3 is 8.80 Å². The van der Waals surface area contributed by atoms with Crippen LogP contribution in [0.15, 0.2) is 0 Å². The van der Waals surface area contributed by atoms with Gasteiger partial charge in [-0.05, 0) is 33.6 Å². The van der Waals surface area contributed by atoms with Crippen molar-refractivity contribution in [2.24, 2.45) is 0 Å². The van der Waals surface area contributed by atoms with Gasteiger partial charge in [0.05, 0.1) is 0 Å². The number of hydrogen-bond acceptors (Lipinski definition) is 4. The van der Waals surface area contributed by atoms with Crippen molar-refractivity contribution in [3.63, 3.8) is 0 Å². The van der Waals surface area contributed by atoms with Gasteiger partial charge in [0, 0.05) is 39.6 Å². The smallest absolute Gasteiger partial charge is 0.385 e. The number of ether oxygens (including phenoxy) is 1. The van der Waals surface area contributed by atoms with Crippen molar-refractivity contribution < 1.29 is 18.0 Å². The van der Waals surface area contributed by atoms with E-state index in [1.54, 1.807) is 7.11 Å². The third kappa shape index (κ3) is 11.6. The summed E-state index contributed by atoms with van der Waals surface area (Å²) in [7, 11) is -0.626. The fourth-order valence-corrected chi connectivity index (χ4v) is 5.34. The van der Waals surface area contributed by atoms with Gasteiger partial charge in [-0.3, -0.25) is 0 Å². The maximum Gasteiger partial charge on any atom is 0.500 e. The van der Waals surface area contributed by atoms with Gasteiger partial charge < -0.3 is 18.0 Å². The lowest BCUT2D eigenvalue weighted by Crippen LogP contribution is -2.45. The average Bonchev–Trinajstić information content (AvgIpc) is 2.50. The first-order valence-corrected chi connectivity index (χ1v) is 11.1. The third-order valence-electron chi connectivity index (χ3n) is 3.67. The molecule has 0 N–H and O–H groups in total. The monoisotopic (exact) mass is 334 g/mol. The highest BCUT2D eigenvalue weighted by atomic mass is 28.4. The van der Waals surface area contributed by atoms with Crippen LogP contribution < -0.4 is 0 Å².